The number of pyridine rings is 1. The van der Waals surface area contributed by atoms with Gasteiger partial charge in [0, 0.05) is 33.1 Å². The molecule has 0 atom stereocenters. The van der Waals surface area contributed by atoms with Gasteiger partial charge >= 0.3 is 0 Å². The fourth-order valence-electron chi connectivity index (χ4n) is 2.69. The van der Waals surface area contributed by atoms with Gasteiger partial charge in [0.15, 0.2) is 0 Å². The molecule has 0 fully saturated rings. The number of carbonyl (C=O) groups excluding carboxylic acids is 1. The summed E-state index contributed by atoms with van der Waals surface area (Å²) in [6.45, 7) is 1.27. The molecule has 0 aliphatic carbocycles. The van der Waals surface area contributed by atoms with Crippen molar-refractivity contribution in [3.05, 3.63) is 80.4 Å². The molecule has 27 heavy (non-hydrogen) atoms. The van der Waals surface area contributed by atoms with Crippen LogP contribution in [0.25, 0.3) is 10.6 Å². The van der Waals surface area contributed by atoms with Crippen LogP contribution in [0.15, 0.2) is 64.9 Å². The van der Waals surface area contributed by atoms with E-state index in [1.54, 1.807) is 46.4 Å². The van der Waals surface area contributed by atoms with Gasteiger partial charge in [-0.25, -0.2) is 4.98 Å². The predicted octanol–water partition coefficient (Wildman–Crippen LogP) is 5.10. The van der Waals surface area contributed by atoms with Crippen LogP contribution in [0, 0.1) is 0 Å². The minimum Gasteiger partial charge on any atom is -0.332 e. The topological polar surface area (TPSA) is 46.1 Å². The largest absolute Gasteiger partial charge is 0.332 e. The highest BCUT2D eigenvalue weighted by molar-refractivity contribution is 7.13. The summed E-state index contributed by atoms with van der Waals surface area (Å²) in [7, 11) is 0. The summed E-state index contributed by atoms with van der Waals surface area (Å²) >= 11 is 4.91. The Morgan fingerprint density at radius 1 is 0.963 bits per heavy atom. The molecule has 4 nitrogen and oxygen atoms in total. The normalized spacial score (nSPS) is 10.8. The van der Waals surface area contributed by atoms with E-state index in [2.05, 4.69) is 22.1 Å². The van der Waals surface area contributed by atoms with Crippen LogP contribution in [0.1, 0.15) is 15.4 Å². The zero-order chi connectivity index (χ0) is 18.5. The molecule has 136 valence electrons. The molecule has 1 amide bonds. The lowest BCUT2D eigenvalue weighted by Crippen LogP contribution is -2.31. The molecule has 4 heterocycles. The Morgan fingerprint density at radius 2 is 1.70 bits per heavy atom. The number of thiazole rings is 1. The van der Waals surface area contributed by atoms with Gasteiger partial charge in [-0.05, 0) is 35.0 Å². The van der Waals surface area contributed by atoms with E-state index in [-0.39, 0.29) is 5.91 Å². The van der Waals surface area contributed by atoms with Crippen molar-refractivity contribution in [2.45, 2.75) is 19.5 Å². The number of amides is 1. The molecule has 0 unspecified atom stereocenters. The second-order valence-corrected chi connectivity index (χ2v) is 8.89. The van der Waals surface area contributed by atoms with Crippen molar-refractivity contribution in [1.82, 2.24) is 14.9 Å². The fourth-order valence-corrected chi connectivity index (χ4v) is 4.94. The van der Waals surface area contributed by atoms with Crippen molar-refractivity contribution in [3.8, 4) is 10.6 Å². The number of carbonyl (C=O) groups is 1. The van der Waals surface area contributed by atoms with E-state index in [1.807, 2.05) is 45.3 Å². The Balaban J connectivity index is 1.48. The molecule has 0 spiro atoms. The van der Waals surface area contributed by atoms with Crippen molar-refractivity contribution in [2.24, 2.45) is 0 Å². The molecule has 4 aromatic rings. The minimum atomic E-state index is 0.0971. The Hall–Kier alpha value is -2.35. The standard InChI is InChI=1S/C20H17N3OS3/c24-19(10-16-14-27-20(22-16)15-4-1-7-21-11-15)23(12-17-5-2-8-25-17)13-18-6-3-9-26-18/h1-9,11,14H,10,12-13H2. The Kier molecular flexibility index (Phi) is 5.72. The third-order valence-electron chi connectivity index (χ3n) is 4.00. The van der Waals surface area contributed by atoms with Crippen molar-refractivity contribution < 1.29 is 4.79 Å². The highest BCUT2D eigenvalue weighted by atomic mass is 32.1. The molecule has 0 aliphatic rings. The van der Waals surface area contributed by atoms with Crippen LogP contribution in [0.5, 0.6) is 0 Å². The Bertz CT molecular complexity index is 943. The lowest BCUT2D eigenvalue weighted by molar-refractivity contribution is -0.131. The Labute approximate surface area is 169 Å². The van der Waals surface area contributed by atoms with Crippen LogP contribution in [0.3, 0.4) is 0 Å². The Morgan fingerprint density at radius 3 is 2.30 bits per heavy atom. The molecule has 7 heteroatoms. The lowest BCUT2D eigenvalue weighted by atomic mass is 10.2. The van der Waals surface area contributed by atoms with Crippen LogP contribution < -0.4 is 0 Å². The smallest absolute Gasteiger partial charge is 0.229 e. The number of rotatable bonds is 7. The molecule has 0 bridgehead atoms. The predicted molar refractivity (Wildman–Crippen MR) is 112 cm³/mol. The molecule has 4 aromatic heterocycles. The van der Waals surface area contributed by atoms with E-state index in [1.165, 1.54) is 9.75 Å². The first-order valence-corrected chi connectivity index (χ1v) is 11.1. The van der Waals surface area contributed by atoms with Crippen LogP contribution in [0.4, 0.5) is 0 Å². The van der Waals surface area contributed by atoms with Gasteiger partial charge in [-0.1, -0.05) is 12.1 Å². The number of hydrogen-bond acceptors (Lipinski definition) is 6. The first kappa shape index (κ1) is 18.0. The van der Waals surface area contributed by atoms with Crippen LogP contribution in [-0.4, -0.2) is 20.8 Å². The van der Waals surface area contributed by atoms with Crippen molar-refractivity contribution >= 4 is 39.9 Å². The van der Waals surface area contributed by atoms with Gasteiger partial charge in [0.05, 0.1) is 25.2 Å². The summed E-state index contributed by atoms with van der Waals surface area (Å²) in [6, 6.07) is 12.1. The summed E-state index contributed by atoms with van der Waals surface area (Å²) in [5.41, 5.74) is 1.79. The van der Waals surface area contributed by atoms with E-state index in [0.717, 1.165) is 16.3 Å². The second-order valence-electron chi connectivity index (χ2n) is 5.97. The molecular formula is C20H17N3OS3. The van der Waals surface area contributed by atoms with Crippen LogP contribution in [0.2, 0.25) is 0 Å². The average molecular weight is 412 g/mol. The van der Waals surface area contributed by atoms with E-state index in [9.17, 15) is 4.79 Å². The van der Waals surface area contributed by atoms with E-state index in [0.29, 0.717) is 19.5 Å². The quantitative estimate of drug-likeness (QED) is 0.425. The lowest BCUT2D eigenvalue weighted by Gasteiger charge is -2.21. The zero-order valence-corrected chi connectivity index (χ0v) is 16.9. The first-order valence-electron chi connectivity index (χ1n) is 8.45. The third kappa shape index (κ3) is 4.68. The number of thiophene rings is 2. The number of hydrogen-bond donors (Lipinski definition) is 0. The molecule has 0 aliphatic heterocycles. The maximum atomic E-state index is 13.0. The summed E-state index contributed by atoms with van der Waals surface area (Å²) in [4.78, 5) is 26.1. The summed E-state index contributed by atoms with van der Waals surface area (Å²) in [6.07, 6.45) is 3.85. The molecule has 0 saturated heterocycles. The molecule has 0 N–H and O–H groups in total. The van der Waals surface area contributed by atoms with Gasteiger partial charge < -0.3 is 4.90 Å². The molecule has 4 rings (SSSR count). The molecular weight excluding hydrogens is 394 g/mol. The van der Waals surface area contributed by atoms with Crippen molar-refractivity contribution in [2.75, 3.05) is 0 Å². The number of nitrogens with zero attached hydrogens (tertiary/aromatic N) is 3. The zero-order valence-electron chi connectivity index (χ0n) is 14.4. The van der Waals surface area contributed by atoms with Gasteiger partial charge in [0.1, 0.15) is 5.01 Å². The van der Waals surface area contributed by atoms with Crippen molar-refractivity contribution in [1.29, 1.82) is 0 Å². The van der Waals surface area contributed by atoms with Gasteiger partial charge in [-0.2, -0.15) is 0 Å². The van der Waals surface area contributed by atoms with Crippen LogP contribution in [-0.2, 0) is 24.3 Å². The van der Waals surface area contributed by atoms with Crippen LogP contribution >= 0.6 is 34.0 Å². The monoisotopic (exact) mass is 411 g/mol. The van der Waals surface area contributed by atoms with E-state index < -0.39 is 0 Å². The van der Waals surface area contributed by atoms with Gasteiger partial charge in [-0.3, -0.25) is 9.78 Å². The minimum absolute atomic E-state index is 0.0971. The van der Waals surface area contributed by atoms with Crippen molar-refractivity contribution in [3.63, 3.8) is 0 Å². The first-order chi connectivity index (χ1) is 13.3. The third-order valence-corrected chi connectivity index (χ3v) is 6.66. The average Bonchev–Trinajstić information content (AvgIpc) is 3.45. The molecule has 0 radical (unpaired) electrons. The number of aromatic nitrogens is 2. The van der Waals surface area contributed by atoms with E-state index >= 15 is 0 Å². The maximum Gasteiger partial charge on any atom is 0.229 e. The molecule has 0 saturated carbocycles. The second kappa shape index (κ2) is 8.56. The van der Waals surface area contributed by atoms with E-state index in [4.69, 9.17) is 0 Å². The molecule has 0 aromatic carbocycles. The summed E-state index contributed by atoms with van der Waals surface area (Å²) in [5, 5.41) is 6.95. The fraction of sp³-hybridized carbons (Fsp3) is 0.150. The van der Waals surface area contributed by atoms with Gasteiger partial charge in [-0.15, -0.1) is 34.0 Å². The maximum absolute atomic E-state index is 13.0. The van der Waals surface area contributed by atoms with Gasteiger partial charge in [0.2, 0.25) is 5.91 Å². The highest BCUT2D eigenvalue weighted by Gasteiger charge is 2.18. The summed E-state index contributed by atoms with van der Waals surface area (Å²) < 4.78 is 0. The summed E-state index contributed by atoms with van der Waals surface area (Å²) in [5.74, 6) is 0.0971. The van der Waals surface area contributed by atoms with Gasteiger partial charge in [0.25, 0.3) is 0 Å². The SMILES string of the molecule is O=C(Cc1csc(-c2cccnc2)n1)N(Cc1cccs1)Cc1cccs1. The highest BCUT2D eigenvalue weighted by Crippen LogP contribution is 2.24.